The van der Waals surface area contributed by atoms with Gasteiger partial charge in [-0.25, -0.2) is 0 Å². The van der Waals surface area contributed by atoms with Crippen molar-refractivity contribution in [3.63, 3.8) is 0 Å². The van der Waals surface area contributed by atoms with E-state index >= 15 is 0 Å². The third-order valence-corrected chi connectivity index (χ3v) is 8.77. The fourth-order valence-corrected chi connectivity index (χ4v) is 7.61. The van der Waals surface area contributed by atoms with Crippen molar-refractivity contribution in [2.75, 3.05) is 0 Å². The van der Waals surface area contributed by atoms with Crippen molar-refractivity contribution < 1.29 is 9.53 Å². The molecule has 0 heterocycles. The van der Waals surface area contributed by atoms with Crippen LogP contribution in [0.3, 0.4) is 0 Å². The Balaban J connectivity index is 1.68. The lowest BCUT2D eigenvalue weighted by molar-refractivity contribution is -0.183. The quantitative estimate of drug-likeness (QED) is 0.609. The van der Waals surface area contributed by atoms with Gasteiger partial charge in [0.25, 0.3) is 0 Å². The molecule has 0 bridgehead atoms. The predicted octanol–water partition coefficient (Wildman–Crippen LogP) is 5.35. The Morgan fingerprint density at radius 3 is 2.48 bits per heavy atom. The summed E-state index contributed by atoms with van der Waals surface area (Å²) in [6.45, 7) is 6.63. The summed E-state index contributed by atoms with van der Waals surface area (Å²) in [5, 5.41) is 0. The molecule has 23 heavy (non-hydrogen) atoms. The zero-order valence-corrected chi connectivity index (χ0v) is 15.3. The van der Waals surface area contributed by atoms with Crippen molar-refractivity contribution in [3.05, 3.63) is 0 Å². The highest BCUT2D eigenvalue weighted by molar-refractivity contribution is 5.66. The van der Waals surface area contributed by atoms with Crippen LogP contribution >= 0.6 is 0 Å². The molecule has 0 amide bonds. The molecular weight excluding hydrogens is 284 g/mol. The minimum atomic E-state index is -0.0681. The number of ether oxygens (including phenoxy) is 1. The standard InChI is InChI=1S/C21H34O2/c1-14(22)23-19-13-18-16(17-8-6-12-21(17,19)3)10-9-15-7-4-5-11-20(15,18)2/h15-19H,4-13H2,1-3H3/t15-,16-,17-,18-,19-,20+,21-/m1/s1. The molecule has 0 aromatic carbocycles. The van der Waals surface area contributed by atoms with Gasteiger partial charge in [-0.05, 0) is 74.0 Å². The van der Waals surface area contributed by atoms with Crippen LogP contribution in [0.15, 0.2) is 0 Å². The van der Waals surface area contributed by atoms with Gasteiger partial charge in [0.2, 0.25) is 0 Å². The molecule has 4 aliphatic rings. The Hall–Kier alpha value is -0.530. The molecule has 4 saturated carbocycles. The third kappa shape index (κ3) is 2.30. The Morgan fingerprint density at radius 2 is 1.70 bits per heavy atom. The molecule has 0 spiro atoms. The van der Waals surface area contributed by atoms with E-state index in [0.717, 1.165) is 30.1 Å². The number of hydrogen-bond donors (Lipinski definition) is 0. The third-order valence-electron chi connectivity index (χ3n) is 8.77. The second-order valence-corrected chi connectivity index (χ2v) is 9.63. The highest BCUT2D eigenvalue weighted by Crippen LogP contribution is 2.66. The van der Waals surface area contributed by atoms with Crippen LogP contribution in [-0.2, 0) is 9.53 Å². The highest BCUT2D eigenvalue weighted by Gasteiger charge is 2.61. The summed E-state index contributed by atoms with van der Waals surface area (Å²) in [4.78, 5) is 11.7. The van der Waals surface area contributed by atoms with E-state index in [2.05, 4.69) is 13.8 Å². The first-order valence-corrected chi connectivity index (χ1v) is 10.1. The second kappa shape index (κ2) is 5.49. The number of carbonyl (C=O) groups excluding carboxylic acids is 1. The van der Waals surface area contributed by atoms with E-state index in [1.807, 2.05) is 0 Å². The van der Waals surface area contributed by atoms with Gasteiger partial charge >= 0.3 is 5.97 Å². The van der Waals surface area contributed by atoms with Crippen LogP contribution in [0.25, 0.3) is 0 Å². The first-order chi connectivity index (χ1) is 10.9. The molecule has 4 rings (SSSR count). The minimum absolute atomic E-state index is 0.0681. The number of hydrogen-bond acceptors (Lipinski definition) is 2. The average molecular weight is 319 g/mol. The van der Waals surface area contributed by atoms with Gasteiger partial charge in [0.15, 0.2) is 0 Å². The lowest BCUT2D eigenvalue weighted by Crippen LogP contribution is -2.57. The second-order valence-electron chi connectivity index (χ2n) is 9.63. The number of fused-ring (bicyclic) bond motifs is 5. The van der Waals surface area contributed by atoms with Crippen LogP contribution in [0.1, 0.15) is 85.0 Å². The van der Waals surface area contributed by atoms with Crippen LogP contribution in [-0.4, -0.2) is 12.1 Å². The van der Waals surface area contributed by atoms with Crippen molar-refractivity contribution in [2.24, 2.45) is 34.5 Å². The lowest BCUT2D eigenvalue weighted by Gasteiger charge is -2.61. The summed E-state index contributed by atoms with van der Waals surface area (Å²) in [5.41, 5.74) is 0.772. The molecule has 0 unspecified atom stereocenters. The summed E-state index contributed by atoms with van der Waals surface area (Å²) in [6.07, 6.45) is 13.9. The molecule has 0 N–H and O–H groups in total. The van der Waals surface area contributed by atoms with E-state index < -0.39 is 0 Å². The maximum Gasteiger partial charge on any atom is 0.302 e. The largest absolute Gasteiger partial charge is 0.462 e. The summed E-state index contributed by atoms with van der Waals surface area (Å²) in [7, 11) is 0. The molecule has 0 aliphatic heterocycles. The monoisotopic (exact) mass is 318 g/mol. The topological polar surface area (TPSA) is 26.3 Å². The maximum atomic E-state index is 11.7. The van der Waals surface area contributed by atoms with Crippen molar-refractivity contribution in [3.8, 4) is 0 Å². The van der Waals surface area contributed by atoms with E-state index in [4.69, 9.17) is 4.74 Å². The Bertz CT molecular complexity index is 486. The van der Waals surface area contributed by atoms with Gasteiger partial charge < -0.3 is 4.74 Å². The van der Waals surface area contributed by atoms with Crippen LogP contribution in [0.4, 0.5) is 0 Å². The molecule has 0 saturated heterocycles. The predicted molar refractivity (Wildman–Crippen MR) is 91.9 cm³/mol. The van der Waals surface area contributed by atoms with E-state index in [0.29, 0.717) is 5.41 Å². The molecule has 0 aromatic rings. The first-order valence-electron chi connectivity index (χ1n) is 10.1. The summed E-state index contributed by atoms with van der Waals surface area (Å²) in [6, 6.07) is 0. The molecule has 4 fully saturated rings. The lowest BCUT2D eigenvalue weighted by atomic mass is 9.45. The van der Waals surface area contributed by atoms with Gasteiger partial charge in [-0.15, -0.1) is 0 Å². The van der Waals surface area contributed by atoms with Crippen molar-refractivity contribution in [1.82, 2.24) is 0 Å². The summed E-state index contributed by atoms with van der Waals surface area (Å²) >= 11 is 0. The SMILES string of the molecule is CC(=O)O[C@@H]1C[C@@H]2[C@H](CC[C@H]3CCCC[C@@]32C)[C@H]2CCC[C@]21C. The smallest absolute Gasteiger partial charge is 0.302 e. The van der Waals surface area contributed by atoms with Crippen LogP contribution in [0, 0.1) is 34.5 Å². The number of esters is 1. The molecule has 0 aromatic heterocycles. The average Bonchev–Trinajstić information content (AvgIpc) is 2.90. The van der Waals surface area contributed by atoms with Gasteiger partial charge in [-0.3, -0.25) is 4.79 Å². The Kier molecular flexibility index (Phi) is 3.81. The fraction of sp³-hybridized carbons (Fsp3) is 0.952. The van der Waals surface area contributed by atoms with Gasteiger partial charge in [0, 0.05) is 12.3 Å². The highest BCUT2D eigenvalue weighted by atomic mass is 16.5. The van der Waals surface area contributed by atoms with E-state index in [-0.39, 0.29) is 17.5 Å². The first kappa shape index (κ1) is 16.0. The van der Waals surface area contributed by atoms with Gasteiger partial charge in [0.05, 0.1) is 0 Å². The van der Waals surface area contributed by atoms with Crippen molar-refractivity contribution in [2.45, 2.75) is 91.1 Å². The normalized spacial score (nSPS) is 52.2. The van der Waals surface area contributed by atoms with Crippen molar-refractivity contribution in [1.29, 1.82) is 0 Å². The number of carbonyl (C=O) groups is 1. The zero-order chi connectivity index (χ0) is 16.2. The minimum Gasteiger partial charge on any atom is -0.462 e. The Morgan fingerprint density at radius 1 is 0.913 bits per heavy atom. The van der Waals surface area contributed by atoms with Gasteiger partial charge in [0.1, 0.15) is 6.10 Å². The molecule has 7 atom stereocenters. The molecular formula is C21H34O2. The Labute approximate surface area is 141 Å². The molecule has 2 heteroatoms. The van der Waals surface area contributed by atoms with Crippen molar-refractivity contribution >= 4 is 5.97 Å². The summed E-state index contributed by atoms with van der Waals surface area (Å²) in [5.74, 6) is 3.35. The molecule has 2 nitrogen and oxygen atoms in total. The molecule has 4 aliphatic carbocycles. The van der Waals surface area contributed by atoms with E-state index in [9.17, 15) is 4.79 Å². The molecule has 0 radical (unpaired) electrons. The van der Waals surface area contributed by atoms with Gasteiger partial charge in [-0.2, -0.15) is 0 Å². The summed E-state index contributed by atoms with van der Waals surface area (Å²) < 4.78 is 5.94. The molecule has 130 valence electrons. The number of rotatable bonds is 1. The van der Waals surface area contributed by atoms with Crippen LogP contribution in [0.5, 0.6) is 0 Å². The van der Waals surface area contributed by atoms with Crippen LogP contribution < -0.4 is 0 Å². The zero-order valence-electron chi connectivity index (χ0n) is 15.3. The van der Waals surface area contributed by atoms with Crippen LogP contribution in [0.2, 0.25) is 0 Å². The van der Waals surface area contributed by atoms with Gasteiger partial charge in [-0.1, -0.05) is 33.1 Å². The van der Waals surface area contributed by atoms with E-state index in [1.165, 1.54) is 57.8 Å². The van der Waals surface area contributed by atoms with E-state index in [1.54, 1.807) is 6.92 Å². The fourth-order valence-electron chi connectivity index (χ4n) is 7.61. The maximum absolute atomic E-state index is 11.7.